The second-order valence-corrected chi connectivity index (χ2v) is 6.91. The molecule has 2 aliphatic rings. The van der Waals surface area contributed by atoms with Gasteiger partial charge in [0.05, 0.1) is 6.10 Å². The summed E-state index contributed by atoms with van der Waals surface area (Å²) in [6, 6.07) is 0. The molecule has 1 N–H and O–H groups in total. The third kappa shape index (κ3) is 2.75. The molecule has 1 heterocycles. The summed E-state index contributed by atoms with van der Waals surface area (Å²) in [5.74, 6) is 1.27. The lowest BCUT2D eigenvalue weighted by molar-refractivity contribution is -0.0591. The summed E-state index contributed by atoms with van der Waals surface area (Å²) in [7, 11) is 0. The van der Waals surface area contributed by atoms with Gasteiger partial charge < -0.3 is 5.11 Å². The van der Waals surface area contributed by atoms with Gasteiger partial charge in [-0.25, -0.2) is 0 Å². The largest absolute Gasteiger partial charge is 0.391 e. The number of hydrogen-bond acceptors (Lipinski definition) is 2. The third-order valence-electron chi connectivity index (χ3n) is 5.54. The summed E-state index contributed by atoms with van der Waals surface area (Å²) in [6.07, 6.45) is 8.93. The maximum Gasteiger partial charge on any atom is 0.0749 e. The van der Waals surface area contributed by atoms with Crippen molar-refractivity contribution in [2.24, 2.45) is 11.8 Å². The molecule has 2 fully saturated rings. The predicted octanol–water partition coefficient (Wildman–Crippen LogP) is 3.44. The highest BCUT2D eigenvalue weighted by Crippen LogP contribution is 2.39. The van der Waals surface area contributed by atoms with E-state index in [2.05, 4.69) is 25.7 Å². The monoisotopic (exact) mass is 253 g/mol. The lowest BCUT2D eigenvalue weighted by Crippen LogP contribution is -2.55. The van der Waals surface area contributed by atoms with E-state index in [4.69, 9.17) is 0 Å². The van der Waals surface area contributed by atoms with Crippen LogP contribution >= 0.6 is 0 Å². The number of hydrogen-bond donors (Lipinski definition) is 1. The minimum absolute atomic E-state index is 0.0358. The summed E-state index contributed by atoms with van der Waals surface area (Å²) in [6.45, 7) is 9.15. The Morgan fingerprint density at radius 2 is 1.72 bits per heavy atom. The van der Waals surface area contributed by atoms with Crippen molar-refractivity contribution < 1.29 is 5.11 Å². The molecular weight excluding hydrogens is 222 g/mol. The van der Waals surface area contributed by atoms with Crippen LogP contribution in [-0.2, 0) is 0 Å². The van der Waals surface area contributed by atoms with Crippen molar-refractivity contribution in [2.75, 3.05) is 13.1 Å². The van der Waals surface area contributed by atoms with Crippen LogP contribution in [0.5, 0.6) is 0 Å². The van der Waals surface area contributed by atoms with Gasteiger partial charge in [-0.05, 0) is 58.0 Å². The molecule has 0 spiro atoms. The summed E-state index contributed by atoms with van der Waals surface area (Å²) in [5.41, 5.74) is -0.0358. The quantitative estimate of drug-likeness (QED) is 0.829. The summed E-state index contributed by atoms with van der Waals surface area (Å²) < 4.78 is 0. The number of likely N-dealkylation sites (tertiary alicyclic amines) is 1. The Kier molecular flexibility index (Phi) is 4.71. The van der Waals surface area contributed by atoms with Crippen LogP contribution in [-0.4, -0.2) is 34.7 Å². The molecule has 1 aliphatic heterocycles. The standard InChI is InChI=1S/C16H31NO/c1-4-13-9-5-6-10-14(13)15(18)16(2,3)17-11-7-8-12-17/h13-15,18H,4-12H2,1-3H3. The Hall–Kier alpha value is -0.0800. The topological polar surface area (TPSA) is 23.5 Å². The fourth-order valence-corrected chi connectivity index (χ4v) is 4.16. The normalized spacial score (nSPS) is 32.7. The Labute approximate surface area is 113 Å². The van der Waals surface area contributed by atoms with Crippen molar-refractivity contribution in [1.82, 2.24) is 4.90 Å². The van der Waals surface area contributed by atoms with Gasteiger partial charge in [0.25, 0.3) is 0 Å². The molecule has 0 aromatic rings. The van der Waals surface area contributed by atoms with Gasteiger partial charge in [0, 0.05) is 5.54 Å². The first-order chi connectivity index (χ1) is 8.57. The smallest absolute Gasteiger partial charge is 0.0749 e. The average Bonchev–Trinajstić information content (AvgIpc) is 2.92. The van der Waals surface area contributed by atoms with Gasteiger partial charge in [-0.3, -0.25) is 4.90 Å². The zero-order chi connectivity index (χ0) is 13.2. The minimum Gasteiger partial charge on any atom is -0.391 e. The first kappa shape index (κ1) is 14.3. The number of rotatable bonds is 4. The highest BCUT2D eigenvalue weighted by atomic mass is 16.3. The highest BCUT2D eigenvalue weighted by Gasteiger charge is 2.42. The van der Waals surface area contributed by atoms with Crippen molar-refractivity contribution in [1.29, 1.82) is 0 Å². The average molecular weight is 253 g/mol. The van der Waals surface area contributed by atoms with Gasteiger partial charge in [-0.2, -0.15) is 0 Å². The third-order valence-corrected chi connectivity index (χ3v) is 5.54. The van der Waals surface area contributed by atoms with Gasteiger partial charge in [0.2, 0.25) is 0 Å². The van der Waals surface area contributed by atoms with Crippen molar-refractivity contribution in [3.8, 4) is 0 Å². The zero-order valence-corrected chi connectivity index (χ0v) is 12.5. The van der Waals surface area contributed by atoms with E-state index < -0.39 is 0 Å². The molecule has 1 aliphatic carbocycles. The second-order valence-electron chi connectivity index (χ2n) is 6.91. The summed E-state index contributed by atoms with van der Waals surface area (Å²) in [5, 5.41) is 10.9. The Bertz CT molecular complexity index is 258. The number of aliphatic hydroxyl groups excluding tert-OH is 1. The van der Waals surface area contributed by atoms with Crippen molar-refractivity contribution >= 4 is 0 Å². The van der Waals surface area contributed by atoms with E-state index in [1.54, 1.807) is 0 Å². The van der Waals surface area contributed by atoms with Crippen LogP contribution in [0.3, 0.4) is 0 Å². The van der Waals surface area contributed by atoms with Crippen LogP contribution in [0.2, 0.25) is 0 Å². The summed E-state index contributed by atoms with van der Waals surface area (Å²) in [4.78, 5) is 2.51. The van der Waals surface area contributed by atoms with E-state index in [1.165, 1.54) is 58.0 Å². The predicted molar refractivity (Wildman–Crippen MR) is 76.6 cm³/mol. The Morgan fingerprint density at radius 3 is 2.33 bits per heavy atom. The van der Waals surface area contributed by atoms with Gasteiger partial charge in [0.15, 0.2) is 0 Å². The molecule has 0 radical (unpaired) electrons. The second kappa shape index (κ2) is 5.92. The van der Waals surface area contributed by atoms with E-state index in [9.17, 15) is 5.11 Å². The van der Waals surface area contributed by atoms with E-state index in [0.717, 1.165) is 5.92 Å². The molecule has 2 nitrogen and oxygen atoms in total. The Morgan fingerprint density at radius 1 is 1.11 bits per heavy atom. The first-order valence-electron chi connectivity index (χ1n) is 8.00. The Balaban J connectivity index is 2.05. The molecule has 0 aromatic heterocycles. The van der Waals surface area contributed by atoms with E-state index in [0.29, 0.717) is 5.92 Å². The number of nitrogens with zero attached hydrogens (tertiary/aromatic N) is 1. The lowest BCUT2D eigenvalue weighted by Gasteiger charge is -2.46. The first-order valence-corrected chi connectivity index (χ1v) is 8.00. The van der Waals surface area contributed by atoms with Crippen molar-refractivity contribution in [3.05, 3.63) is 0 Å². The van der Waals surface area contributed by atoms with Gasteiger partial charge in [0.1, 0.15) is 0 Å². The summed E-state index contributed by atoms with van der Waals surface area (Å²) >= 11 is 0. The molecule has 0 amide bonds. The van der Waals surface area contributed by atoms with Gasteiger partial charge in [-0.15, -0.1) is 0 Å². The lowest BCUT2D eigenvalue weighted by atomic mass is 9.70. The van der Waals surface area contributed by atoms with Crippen molar-refractivity contribution in [3.63, 3.8) is 0 Å². The van der Waals surface area contributed by atoms with Crippen LogP contribution in [0.1, 0.15) is 65.7 Å². The van der Waals surface area contributed by atoms with Crippen LogP contribution < -0.4 is 0 Å². The maximum atomic E-state index is 10.9. The van der Waals surface area contributed by atoms with Crippen LogP contribution in [0.25, 0.3) is 0 Å². The molecule has 1 saturated heterocycles. The molecule has 106 valence electrons. The number of aliphatic hydroxyl groups is 1. The molecule has 3 unspecified atom stereocenters. The van der Waals surface area contributed by atoms with E-state index in [1.807, 2.05) is 0 Å². The minimum atomic E-state index is -0.152. The fourth-order valence-electron chi connectivity index (χ4n) is 4.16. The van der Waals surface area contributed by atoms with E-state index >= 15 is 0 Å². The molecule has 0 bridgehead atoms. The van der Waals surface area contributed by atoms with Crippen LogP contribution in [0.4, 0.5) is 0 Å². The highest BCUT2D eigenvalue weighted by molar-refractivity contribution is 4.96. The molecule has 3 atom stereocenters. The zero-order valence-electron chi connectivity index (χ0n) is 12.5. The molecular formula is C16H31NO. The van der Waals surface area contributed by atoms with Gasteiger partial charge >= 0.3 is 0 Å². The SMILES string of the molecule is CCC1CCCCC1C(O)C(C)(C)N1CCCC1. The van der Waals surface area contributed by atoms with Crippen molar-refractivity contribution in [2.45, 2.75) is 77.4 Å². The van der Waals surface area contributed by atoms with Crippen LogP contribution in [0, 0.1) is 11.8 Å². The molecule has 2 rings (SSSR count). The molecule has 2 heteroatoms. The molecule has 0 aromatic carbocycles. The van der Waals surface area contributed by atoms with Gasteiger partial charge in [-0.1, -0.05) is 32.6 Å². The fraction of sp³-hybridized carbons (Fsp3) is 1.00. The maximum absolute atomic E-state index is 10.9. The van der Waals surface area contributed by atoms with Crippen LogP contribution in [0.15, 0.2) is 0 Å². The molecule has 18 heavy (non-hydrogen) atoms. The van der Waals surface area contributed by atoms with E-state index in [-0.39, 0.29) is 11.6 Å². The molecule has 1 saturated carbocycles.